The highest BCUT2D eigenvalue weighted by Crippen LogP contribution is 2.30. The Balaban J connectivity index is 1.52. The Morgan fingerprint density at radius 1 is 1.11 bits per heavy atom. The van der Waals surface area contributed by atoms with Gasteiger partial charge in [-0.3, -0.25) is 9.59 Å². The number of benzene rings is 1. The molecule has 1 N–H and O–H groups in total. The van der Waals surface area contributed by atoms with E-state index in [1.807, 2.05) is 17.0 Å². The molecular formula is C23H28N2O2S. The summed E-state index contributed by atoms with van der Waals surface area (Å²) in [6, 6.07) is 12.5. The van der Waals surface area contributed by atoms with Crippen LogP contribution in [-0.4, -0.2) is 36.3 Å². The van der Waals surface area contributed by atoms with Gasteiger partial charge in [0.05, 0.1) is 5.92 Å². The average molecular weight is 397 g/mol. The Labute approximate surface area is 170 Å². The van der Waals surface area contributed by atoms with Gasteiger partial charge >= 0.3 is 0 Å². The Morgan fingerprint density at radius 3 is 2.71 bits per heavy atom. The molecule has 1 atom stereocenters. The van der Waals surface area contributed by atoms with Crippen molar-refractivity contribution < 1.29 is 9.59 Å². The maximum atomic E-state index is 13.1. The summed E-state index contributed by atoms with van der Waals surface area (Å²) < 4.78 is 0. The smallest absolute Gasteiger partial charge is 0.225 e. The fourth-order valence-electron chi connectivity index (χ4n) is 4.50. The van der Waals surface area contributed by atoms with Gasteiger partial charge in [0.15, 0.2) is 0 Å². The molecule has 1 unspecified atom stereocenters. The first-order valence-corrected chi connectivity index (χ1v) is 11.3. The third-order valence-electron chi connectivity index (χ3n) is 6.03. The van der Waals surface area contributed by atoms with Gasteiger partial charge in [-0.25, -0.2) is 0 Å². The van der Waals surface area contributed by atoms with Crippen LogP contribution in [0.2, 0.25) is 0 Å². The van der Waals surface area contributed by atoms with Crippen LogP contribution in [0.5, 0.6) is 0 Å². The molecule has 1 saturated heterocycles. The topological polar surface area (TPSA) is 49.4 Å². The van der Waals surface area contributed by atoms with E-state index in [0.29, 0.717) is 26.1 Å². The van der Waals surface area contributed by atoms with E-state index >= 15 is 0 Å². The van der Waals surface area contributed by atoms with Crippen LogP contribution in [0.25, 0.3) is 10.4 Å². The van der Waals surface area contributed by atoms with Crippen LogP contribution < -0.4 is 5.32 Å². The zero-order valence-electron chi connectivity index (χ0n) is 16.2. The van der Waals surface area contributed by atoms with Crippen molar-refractivity contribution >= 4 is 23.2 Å². The van der Waals surface area contributed by atoms with Crippen LogP contribution in [0, 0.1) is 11.8 Å². The van der Waals surface area contributed by atoms with E-state index in [4.69, 9.17) is 0 Å². The standard InChI is InChI=1S/C23H28N2O2S/c26-22-19(15-18-9-4-5-10-20(18)21-11-6-14-28-21)16-25(13-12-24-22)23(27)17-7-2-1-3-8-17/h4-6,9-11,14,17,19H,1-3,7-8,12-13,15-16H2,(H,24,26). The second kappa shape index (κ2) is 8.91. The molecule has 148 valence electrons. The summed E-state index contributed by atoms with van der Waals surface area (Å²) in [5.41, 5.74) is 2.37. The number of amides is 2. The van der Waals surface area contributed by atoms with E-state index < -0.39 is 0 Å². The highest BCUT2D eigenvalue weighted by atomic mass is 32.1. The summed E-state index contributed by atoms with van der Waals surface area (Å²) in [4.78, 5) is 28.9. The van der Waals surface area contributed by atoms with Gasteiger partial charge in [0.1, 0.15) is 0 Å². The second-order valence-corrected chi connectivity index (χ2v) is 8.89. The van der Waals surface area contributed by atoms with E-state index in [-0.39, 0.29) is 23.7 Å². The van der Waals surface area contributed by atoms with Crippen molar-refractivity contribution in [3.63, 3.8) is 0 Å². The average Bonchev–Trinajstić information content (AvgIpc) is 3.21. The SMILES string of the molecule is O=C1NCCN(C(=O)C2CCCCC2)CC1Cc1ccccc1-c1cccs1. The monoisotopic (exact) mass is 396 g/mol. The maximum Gasteiger partial charge on any atom is 0.225 e. The third kappa shape index (κ3) is 4.30. The quantitative estimate of drug-likeness (QED) is 0.845. The number of thiophene rings is 1. The van der Waals surface area contributed by atoms with Crippen molar-refractivity contribution in [2.24, 2.45) is 11.8 Å². The minimum atomic E-state index is -0.198. The lowest BCUT2D eigenvalue weighted by molar-refractivity contribution is -0.137. The van der Waals surface area contributed by atoms with Gasteiger partial charge < -0.3 is 10.2 Å². The molecule has 1 aromatic heterocycles. The molecule has 0 spiro atoms. The van der Waals surface area contributed by atoms with Crippen molar-refractivity contribution in [2.75, 3.05) is 19.6 Å². The lowest BCUT2D eigenvalue weighted by Gasteiger charge is -2.29. The highest BCUT2D eigenvalue weighted by molar-refractivity contribution is 7.13. The normalized spacial score (nSPS) is 21.2. The number of hydrogen-bond acceptors (Lipinski definition) is 3. The van der Waals surface area contributed by atoms with E-state index in [0.717, 1.165) is 25.7 Å². The van der Waals surface area contributed by atoms with Crippen molar-refractivity contribution in [1.29, 1.82) is 0 Å². The van der Waals surface area contributed by atoms with Gasteiger partial charge in [0.25, 0.3) is 0 Å². The highest BCUT2D eigenvalue weighted by Gasteiger charge is 2.32. The molecule has 0 bridgehead atoms. The number of hydrogen-bond donors (Lipinski definition) is 1. The van der Waals surface area contributed by atoms with Crippen molar-refractivity contribution in [3.8, 4) is 10.4 Å². The fraction of sp³-hybridized carbons (Fsp3) is 0.478. The predicted molar refractivity (Wildman–Crippen MR) is 113 cm³/mol. The summed E-state index contributed by atoms with van der Waals surface area (Å²) in [5, 5.41) is 5.11. The molecule has 0 radical (unpaired) electrons. The van der Waals surface area contributed by atoms with E-state index in [1.54, 1.807) is 11.3 Å². The molecular weight excluding hydrogens is 368 g/mol. The number of nitrogens with zero attached hydrogens (tertiary/aromatic N) is 1. The second-order valence-electron chi connectivity index (χ2n) is 7.95. The molecule has 4 nitrogen and oxygen atoms in total. The molecule has 2 amide bonds. The molecule has 2 heterocycles. The van der Waals surface area contributed by atoms with Gasteiger partial charge in [-0.05, 0) is 41.8 Å². The lowest BCUT2D eigenvalue weighted by Crippen LogP contribution is -2.41. The summed E-state index contributed by atoms with van der Waals surface area (Å²) >= 11 is 1.72. The third-order valence-corrected chi connectivity index (χ3v) is 6.93. The Kier molecular flexibility index (Phi) is 6.10. The number of nitrogens with one attached hydrogen (secondary N) is 1. The van der Waals surface area contributed by atoms with Crippen LogP contribution in [0.3, 0.4) is 0 Å². The lowest BCUT2D eigenvalue weighted by atomic mass is 9.87. The molecule has 2 fully saturated rings. The Hall–Kier alpha value is -2.14. The molecule has 1 aromatic carbocycles. The Bertz CT molecular complexity index is 812. The van der Waals surface area contributed by atoms with Crippen molar-refractivity contribution in [2.45, 2.75) is 38.5 Å². The van der Waals surface area contributed by atoms with Crippen molar-refractivity contribution in [3.05, 3.63) is 47.3 Å². The van der Waals surface area contributed by atoms with Gasteiger partial charge in [-0.1, -0.05) is 49.6 Å². The molecule has 2 aliphatic rings. The van der Waals surface area contributed by atoms with E-state index in [2.05, 4.69) is 35.0 Å². The maximum absolute atomic E-state index is 13.1. The molecule has 28 heavy (non-hydrogen) atoms. The summed E-state index contributed by atoms with van der Waals surface area (Å²) in [6.07, 6.45) is 6.21. The first kappa shape index (κ1) is 19.2. The number of carbonyl (C=O) groups is 2. The molecule has 2 aromatic rings. The van der Waals surface area contributed by atoms with Crippen LogP contribution in [0.15, 0.2) is 41.8 Å². The van der Waals surface area contributed by atoms with Crippen LogP contribution in [0.1, 0.15) is 37.7 Å². The molecule has 1 aliphatic heterocycles. The summed E-state index contributed by atoms with van der Waals surface area (Å²) in [7, 11) is 0. The van der Waals surface area contributed by atoms with Crippen LogP contribution in [-0.2, 0) is 16.0 Å². The minimum absolute atomic E-state index is 0.0694. The first-order chi connectivity index (χ1) is 13.7. The zero-order valence-corrected chi connectivity index (χ0v) is 17.0. The molecule has 4 rings (SSSR count). The summed E-state index contributed by atoms with van der Waals surface area (Å²) in [5.74, 6) is 0.282. The predicted octanol–water partition coefficient (Wildman–Crippen LogP) is 4.11. The van der Waals surface area contributed by atoms with Crippen LogP contribution in [0.4, 0.5) is 0 Å². The molecule has 1 aliphatic carbocycles. The number of carbonyl (C=O) groups excluding carboxylic acids is 2. The van der Waals surface area contributed by atoms with Gasteiger partial charge in [0, 0.05) is 30.4 Å². The van der Waals surface area contributed by atoms with Gasteiger partial charge in [0.2, 0.25) is 11.8 Å². The van der Waals surface area contributed by atoms with Crippen molar-refractivity contribution in [1.82, 2.24) is 10.2 Å². The van der Waals surface area contributed by atoms with Gasteiger partial charge in [-0.15, -0.1) is 11.3 Å². The summed E-state index contributed by atoms with van der Waals surface area (Å²) in [6.45, 7) is 1.71. The van der Waals surface area contributed by atoms with Crippen LogP contribution >= 0.6 is 11.3 Å². The Morgan fingerprint density at radius 2 is 1.93 bits per heavy atom. The van der Waals surface area contributed by atoms with Gasteiger partial charge in [-0.2, -0.15) is 0 Å². The number of rotatable bonds is 4. The van der Waals surface area contributed by atoms with E-state index in [9.17, 15) is 9.59 Å². The molecule has 1 saturated carbocycles. The first-order valence-electron chi connectivity index (χ1n) is 10.4. The van der Waals surface area contributed by atoms with E-state index in [1.165, 1.54) is 22.4 Å². The molecule has 5 heteroatoms. The largest absolute Gasteiger partial charge is 0.354 e. The fourth-order valence-corrected chi connectivity index (χ4v) is 5.29. The minimum Gasteiger partial charge on any atom is -0.354 e. The zero-order chi connectivity index (χ0) is 19.3.